The molecule has 1 saturated carbocycles. The number of nitrogens with two attached hydrogens (primary N) is 1. The highest BCUT2D eigenvalue weighted by Crippen LogP contribution is 2.48. The smallest absolute Gasteiger partial charge is 0.475 e. The summed E-state index contributed by atoms with van der Waals surface area (Å²) < 4.78 is 58.7. The Morgan fingerprint density at radius 1 is 1.05 bits per heavy atom. The van der Waals surface area contributed by atoms with Crippen molar-refractivity contribution in [2.75, 3.05) is 12.4 Å². The molecular weight excluding hydrogens is 537 g/mol. The van der Waals surface area contributed by atoms with Crippen LogP contribution in [-0.2, 0) is 19.6 Å². The van der Waals surface area contributed by atoms with Crippen molar-refractivity contribution >= 4 is 33.8 Å². The van der Waals surface area contributed by atoms with Crippen LogP contribution in [0.25, 0.3) is 11.1 Å². The van der Waals surface area contributed by atoms with Crippen molar-refractivity contribution in [3.8, 4) is 11.1 Å². The second-order valence-corrected chi connectivity index (χ2v) is 10.3. The number of benzene rings is 3. The lowest BCUT2D eigenvalue weighted by atomic mass is 10.0. The van der Waals surface area contributed by atoms with Crippen LogP contribution in [0.5, 0.6) is 0 Å². The maximum Gasteiger partial charge on any atom is 0.490 e. The Morgan fingerprint density at radius 2 is 1.69 bits per heavy atom. The number of carboxylic acid groups (broad SMARTS) is 1. The van der Waals surface area contributed by atoms with Crippen LogP contribution in [0.15, 0.2) is 82.8 Å². The second kappa shape index (κ2) is 12.1. The van der Waals surface area contributed by atoms with Gasteiger partial charge in [0.15, 0.2) is 0 Å². The van der Waals surface area contributed by atoms with E-state index in [9.17, 15) is 26.4 Å². The van der Waals surface area contributed by atoms with Gasteiger partial charge in [-0.1, -0.05) is 48.5 Å². The standard InChI is InChI=1S/C24H24N4O3S.C2HF3O2/c1-26-32(30,31)23-8-3-2-7-20(23)17-9-11-19(12-10-17)28-24(29)22-14-21(22)18-6-4-5-16(13-18)15-27-25;3-2(4,5)1(6)7/h2-13,15,21-22,26H,14,25H2,1H3,(H,28,29);(H,6,7)/t21-,22-;/m1./s1. The second-order valence-electron chi connectivity index (χ2n) is 8.47. The predicted molar refractivity (Wildman–Crippen MR) is 140 cm³/mol. The molecule has 0 heterocycles. The van der Waals surface area contributed by atoms with E-state index >= 15 is 0 Å². The van der Waals surface area contributed by atoms with E-state index in [1.807, 2.05) is 24.3 Å². The Bertz CT molecular complexity index is 1480. The number of carbonyl (C=O) groups is 2. The minimum absolute atomic E-state index is 0.0289. The summed E-state index contributed by atoms with van der Waals surface area (Å²) in [5, 5.41) is 13.6. The molecule has 3 aromatic carbocycles. The van der Waals surface area contributed by atoms with Gasteiger partial charge in [-0.3, -0.25) is 4.79 Å². The number of hydrazone groups is 1. The lowest BCUT2D eigenvalue weighted by molar-refractivity contribution is -0.192. The number of halogens is 3. The molecule has 3 aromatic rings. The topological polar surface area (TPSA) is 151 Å². The average molecular weight is 563 g/mol. The number of carbonyl (C=O) groups excluding carboxylic acids is 1. The van der Waals surface area contributed by atoms with E-state index < -0.39 is 22.2 Å². The average Bonchev–Trinajstić information content (AvgIpc) is 3.71. The zero-order chi connectivity index (χ0) is 28.8. The van der Waals surface area contributed by atoms with Gasteiger partial charge in [-0.15, -0.1) is 0 Å². The molecule has 0 saturated heterocycles. The van der Waals surface area contributed by atoms with Gasteiger partial charge in [-0.05, 0) is 60.3 Å². The lowest BCUT2D eigenvalue weighted by Crippen LogP contribution is -2.21. The van der Waals surface area contributed by atoms with Gasteiger partial charge < -0.3 is 16.3 Å². The Kier molecular flexibility index (Phi) is 9.09. The predicted octanol–water partition coefficient (Wildman–Crippen LogP) is 3.93. The summed E-state index contributed by atoms with van der Waals surface area (Å²) in [4.78, 5) is 21.8. The molecule has 9 nitrogen and oxygen atoms in total. The van der Waals surface area contributed by atoms with Crippen molar-refractivity contribution < 1.29 is 36.3 Å². The molecule has 0 aromatic heterocycles. The molecule has 4 rings (SSSR count). The SMILES string of the molecule is CNS(=O)(=O)c1ccccc1-c1ccc(NC(=O)[C@@H]2C[C@@H]2c2cccc(C=NN)c2)cc1.O=C(O)C(F)(F)F. The van der Waals surface area contributed by atoms with E-state index in [4.69, 9.17) is 15.7 Å². The highest BCUT2D eigenvalue weighted by molar-refractivity contribution is 7.89. The van der Waals surface area contributed by atoms with Gasteiger partial charge >= 0.3 is 12.1 Å². The van der Waals surface area contributed by atoms with Gasteiger partial charge in [-0.25, -0.2) is 17.9 Å². The number of anilines is 1. The van der Waals surface area contributed by atoms with E-state index in [0.717, 1.165) is 23.1 Å². The van der Waals surface area contributed by atoms with E-state index in [2.05, 4.69) is 15.1 Å². The Hall–Kier alpha value is -4.23. The minimum atomic E-state index is -5.08. The van der Waals surface area contributed by atoms with Gasteiger partial charge in [0.05, 0.1) is 11.1 Å². The van der Waals surface area contributed by atoms with E-state index in [1.54, 1.807) is 54.7 Å². The molecule has 0 bridgehead atoms. The van der Waals surface area contributed by atoms with Crippen molar-refractivity contribution in [1.29, 1.82) is 0 Å². The van der Waals surface area contributed by atoms with Crippen LogP contribution in [0.3, 0.4) is 0 Å². The number of alkyl halides is 3. The summed E-state index contributed by atoms with van der Waals surface area (Å²) >= 11 is 0. The first-order chi connectivity index (χ1) is 18.4. The molecule has 5 N–H and O–H groups in total. The zero-order valence-corrected chi connectivity index (χ0v) is 21.3. The highest BCUT2D eigenvalue weighted by Gasteiger charge is 2.44. The summed E-state index contributed by atoms with van der Waals surface area (Å²) in [6.45, 7) is 0. The van der Waals surface area contributed by atoms with Crippen LogP contribution in [0, 0.1) is 5.92 Å². The number of aliphatic carboxylic acids is 1. The van der Waals surface area contributed by atoms with E-state index in [0.29, 0.717) is 11.3 Å². The summed E-state index contributed by atoms with van der Waals surface area (Å²) in [6, 6.07) is 21.8. The number of nitrogens with zero attached hydrogens (tertiary/aromatic N) is 1. The zero-order valence-electron chi connectivity index (χ0n) is 20.5. The monoisotopic (exact) mass is 562 g/mol. The summed E-state index contributed by atoms with van der Waals surface area (Å²) in [6.07, 6.45) is -2.70. The van der Waals surface area contributed by atoms with Crippen LogP contribution in [-0.4, -0.2) is 44.8 Å². The molecule has 0 aliphatic heterocycles. The molecule has 0 radical (unpaired) electrons. The van der Waals surface area contributed by atoms with Crippen molar-refractivity contribution in [1.82, 2.24) is 4.72 Å². The molecule has 1 aliphatic carbocycles. The molecule has 206 valence electrons. The maximum absolute atomic E-state index is 12.7. The molecule has 13 heteroatoms. The Morgan fingerprint density at radius 3 is 2.28 bits per heavy atom. The van der Waals surface area contributed by atoms with Gasteiger partial charge in [0, 0.05) is 17.2 Å². The Labute approximate surface area is 222 Å². The Balaban J connectivity index is 0.000000532. The van der Waals surface area contributed by atoms with Crippen molar-refractivity contribution in [2.45, 2.75) is 23.4 Å². The van der Waals surface area contributed by atoms with Gasteiger partial charge in [0.1, 0.15) is 0 Å². The highest BCUT2D eigenvalue weighted by atomic mass is 32.2. The molecule has 1 fully saturated rings. The first-order valence-corrected chi connectivity index (χ1v) is 12.9. The van der Waals surface area contributed by atoms with Crippen molar-refractivity contribution in [3.05, 3.63) is 83.9 Å². The van der Waals surface area contributed by atoms with E-state index in [1.165, 1.54) is 7.05 Å². The first kappa shape index (κ1) is 29.3. The molecule has 0 spiro atoms. The summed E-state index contributed by atoms with van der Waals surface area (Å²) in [5.41, 5.74) is 4.03. The maximum atomic E-state index is 12.7. The summed E-state index contributed by atoms with van der Waals surface area (Å²) in [7, 11) is -2.20. The van der Waals surface area contributed by atoms with Crippen LogP contribution in [0.1, 0.15) is 23.5 Å². The quantitative estimate of drug-likeness (QED) is 0.195. The normalized spacial score (nSPS) is 16.7. The molecule has 0 unspecified atom stereocenters. The number of rotatable bonds is 7. The first-order valence-electron chi connectivity index (χ1n) is 11.4. The fraction of sp³-hybridized carbons (Fsp3) is 0.192. The third-order valence-electron chi connectivity index (χ3n) is 5.84. The third kappa shape index (κ3) is 7.65. The molecule has 1 aliphatic rings. The van der Waals surface area contributed by atoms with E-state index in [-0.39, 0.29) is 22.6 Å². The fourth-order valence-electron chi connectivity index (χ4n) is 3.83. The van der Waals surface area contributed by atoms with Gasteiger partial charge in [0.25, 0.3) is 0 Å². The molecule has 1 amide bonds. The number of nitrogens with one attached hydrogen (secondary N) is 2. The van der Waals surface area contributed by atoms with Crippen LogP contribution in [0.4, 0.5) is 18.9 Å². The van der Waals surface area contributed by atoms with Crippen molar-refractivity contribution in [3.63, 3.8) is 0 Å². The molecule has 39 heavy (non-hydrogen) atoms. The number of hydrogen-bond acceptors (Lipinski definition) is 6. The number of hydrogen-bond donors (Lipinski definition) is 4. The van der Waals surface area contributed by atoms with Crippen LogP contribution < -0.4 is 15.9 Å². The lowest BCUT2D eigenvalue weighted by Gasteiger charge is -2.11. The van der Waals surface area contributed by atoms with Crippen LogP contribution in [0.2, 0.25) is 0 Å². The minimum Gasteiger partial charge on any atom is -0.475 e. The third-order valence-corrected chi connectivity index (χ3v) is 7.31. The van der Waals surface area contributed by atoms with Crippen molar-refractivity contribution in [2.24, 2.45) is 16.9 Å². The van der Waals surface area contributed by atoms with Gasteiger partial charge in [-0.2, -0.15) is 18.3 Å². The number of sulfonamides is 1. The summed E-state index contributed by atoms with van der Waals surface area (Å²) in [5.74, 6) is 2.53. The van der Waals surface area contributed by atoms with Gasteiger partial charge in [0.2, 0.25) is 15.9 Å². The number of carboxylic acids is 1. The molecule has 2 atom stereocenters. The fourth-order valence-corrected chi connectivity index (χ4v) is 4.78. The number of amides is 1. The molecular formula is C26H25F3N4O5S. The van der Waals surface area contributed by atoms with Crippen LogP contribution >= 0.6 is 0 Å². The largest absolute Gasteiger partial charge is 0.490 e.